The number of aromatic nitrogens is 2. The van der Waals surface area contributed by atoms with E-state index in [2.05, 4.69) is 26.5 Å². The van der Waals surface area contributed by atoms with E-state index in [1.807, 2.05) is 42.5 Å². The summed E-state index contributed by atoms with van der Waals surface area (Å²) in [4.78, 5) is 20.0. The Morgan fingerprint density at radius 1 is 1.22 bits per heavy atom. The van der Waals surface area contributed by atoms with Crippen LogP contribution < -0.4 is 15.4 Å². The van der Waals surface area contributed by atoms with Gasteiger partial charge in [-0.3, -0.25) is 4.79 Å². The second-order valence-corrected chi connectivity index (χ2v) is 5.90. The van der Waals surface area contributed by atoms with Crippen molar-refractivity contribution in [3.8, 4) is 18.1 Å². The number of hydrogen-bond donors (Lipinski definition) is 2. The van der Waals surface area contributed by atoms with E-state index in [0.717, 1.165) is 16.5 Å². The van der Waals surface area contributed by atoms with Crippen molar-refractivity contribution in [2.75, 3.05) is 23.1 Å². The van der Waals surface area contributed by atoms with Crippen molar-refractivity contribution in [2.45, 2.75) is 6.54 Å². The third-order valence-electron chi connectivity index (χ3n) is 3.72. The fraction of sp³-hybridized carbons (Fsp3) is 0.150. The van der Waals surface area contributed by atoms with Gasteiger partial charge < -0.3 is 15.4 Å². The lowest BCUT2D eigenvalue weighted by Gasteiger charge is -2.11. The third-order valence-corrected chi connectivity index (χ3v) is 3.96. The van der Waals surface area contributed by atoms with Crippen molar-refractivity contribution in [1.82, 2.24) is 9.97 Å². The average Bonchev–Trinajstić information content (AvgIpc) is 2.70. The largest absolute Gasteiger partial charge is 0.481 e. The van der Waals surface area contributed by atoms with Crippen molar-refractivity contribution in [3.05, 3.63) is 54.4 Å². The number of hydrogen-bond acceptors (Lipinski definition) is 5. The molecule has 3 rings (SSSR count). The number of ether oxygens (including phenoxy) is 1. The molecule has 0 saturated heterocycles. The van der Waals surface area contributed by atoms with Crippen molar-refractivity contribution in [3.63, 3.8) is 0 Å². The first kappa shape index (κ1) is 18.5. The number of anilines is 2. The highest BCUT2D eigenvalue weighted by atomic mass is 35.5. The Hall–Kier alpha value is -3.30. The number of fused-ring (bicyclic) bond motifs is 1. The van der Waals surface area contributed by atoms with Gasteiger partial charge in [0, 0.05) is 17.6 Å². The van der Waals surface area contributed by atoms with Crippen LogP contribution in [-0.4, -0.2) is 28.4 Å². The lowest BCUT2D eigenvalue weighted by atomic mass is 10.2. The van der Waals surface area contributed by atoms with Crippen molar-refractivity contribution >= 4 is 39.9 Å². The van der Waals surface area contributed by atoms with Crippen LogP contribution in [0.4, 0.5) is 11.5 Å². The molecular weight excluding hydrogens is 364 g/mol. The molecule has 0 aliphatic heterocycles. The number of halogens is 1. The van der Waals surface area contributed by atoms with E-state index in [4.69, 9.17) is 22.8 Å². The van der Waals surface area contributed by atoms with Gasteiger partial charge in [-0.2, -0.15) is 0 Å². The van der Waals surface area contributed by atoms with Crippen LogP contribution in [0, 0.1) is 12.3 Å². The Morgan fingerprint density at radius 2 is 2.11 bits per heavy atom. The Balaban J connectivity index is 1.77. The molecule has 7 heteroatoms. The first-order chi connectivity index (χ1) is 13.2. The minimum Gasteiger partial charge on any atom is -0.481 e. The van der Waals surface area contributed by atoms with Crippen molar-refractivity contribution < 1.29 is 9.53 Å². The minimum atomic E-state index is -0.247. The summed E-state index contributed by atoms with van der Waals surface area (Å²) >= 11 is 5.52. The molecule has 0 atom stereocenters. The maximum atomic E-state index is 11.4. The predicted molar refractivity (Wildman–Crippen MR) is 107 cm³/mol. The molecule has 1 amide bonds. The fourth-order valence-electron chi connectivity index (χ4n) is 2.53. The molecule has 0 aliphatic rings. The van der Waals surface area contributed by atoms with E-state index >= 15 is 0 Å². The van der Waals surface area contributed by atoms with Crippen LogP contribution in [0.25, 0.3) is 10.9 Å². The summed E-state index contributed by atoms with van der Waals surface area (Å²) in [6, 6.07) is 13.0. The number of terminal acetylenes is 1. The standard InChI is InChI=1S/C20H17ClN4O2/c1-2-8-27-16-6-7-18-17(10-16)20(24-13-23-18)22-12-14-4-3-5-15(9-14)25-19(26)11-21/h1,3-7,9-10,13H,8,11-12H2,(H,25,26)(H,22,23,24). The van der Waals surface area contributed by atoms with Crippen LogP contribution in [0.2, 0.25) is 0 Å². The Morgan fingerprint density at radius 3 is 2.93 bits per heavy atom. The van der Waals surface area contributed by atoms with E-state index < -0.39 is 0 Å². The molecular formula is C20H17ClN4O2. The topological polar surface area (TPSA) is 76.1 Å². The van der Waals surface area contributed by atoms with Crippen LogP contribution in [-0.2, 0) is 11.3 Å². The van der Waals surface area contributed by atoms with Gasteiger partial charge in [0.2, 0.25) is 5.91 Å². The number of carbonyl (C=O) groups is 1. The third kappa shape index (κ3) is 4.87. The Labute approximate surface area is 161 Å². The zero-order chi connectivity index (χ0) is 19.1. The summed E-state index contributed by atoms with van der Waals surface area (Å²) in [5.74, 6) is 3.45. The highest BCUT2D eigenvalue weighted by molar-refractivity contribution is 6.29. The molecule has 0 spiro atoms. The van der Waals surface area contributed by atoms with Crippen LogP contribution in [0.3, 0.4) is 0 Å². The maximum Gasteiger partial charge on any atom is 0.239 e. The Kier molecular flexibility index (Phi) is 6.08. The van der Waals surface area contributed by atoms with Crippen LogP contribution in [0.15, 0.2) is 48.8 Å². The SMILES string of the molecule is C#CCOc1ccc2ncnc(NCc3cccc(NC(=O)CCl)c3)c2c1. The van der Waals surface area contributed by atoms with Crippen LogP contribution in [0.5, 0.6) is 5.75 Å². The summed E-state index contributed by atoms with van der Waals surface area (Å²) in [7, 11) is 0. The number of nitrogens with one attached hydrogen (secondary N) is 2. The van der Waals surface area contributed by atoms with Crippen LogP contribution >= 0.6 is 11.6 Å². The number of alkyl halides is 1. The zero-order valence-electron chi connectivity index (χ0n) is 14.4. The molecule has 0 aliphatic carbocycles. The van der Waals surface area contributed by atoms with Gasteiger partial charge in [0.15, 0.2) is 0 Å². The van der Waals surface area contributed by atoms with E-state index in [-0.39, 0.29) is 18.4 Å². The summed E-state index contributed by atoms with van der Waals surface area (Å²) in [6.07, 6.45) is 6.74. The van der Waals surface area contributed by atoms with Crippen molar-refractivity contribution in [2.24, 2.45) is 0 Å². The normalized spacial score (nSPS) is 10.2. The monoisotopic (exact) mass is 380 g/mol. The predicted octanol–water partition coefficient (Wildman–Crippen LogP) is 3.43. The maximum absolute atomic E-state index is 11.4. The van der Waals surface area contributed by atoms with Crippen LogP contribution in [0.1, 0.15) is 5.56 Å². The van der Waals surface area contributed by atoms with Gasteiger partial charge in [-0.25, -0.2) is 9.97 Å². The summed E-state index contributed by atoms with van der Waals surface area (Å²) in [6.45, 7) is 0.717. The number of nitrogens with zero attached hydrogens (tertiary/aromatic N) is 2. The van der Waals surface area contributed by atoms with E-state index in [1.54, 1.807) is 0 Å². The summed E-state index contributed by atoms with van der Waals surface area (Å²) < 4.78 is 5.47. The van der Waals surface area contributed by atoms with Gasteiger partial charge in [-0.15, -0.1) is 18.0 Å². The minimum absolute atomic E-state index is 0.0838. The molecule has 0 fully saturated rings. The lowest BCUT2D eigenvalue weighted by Crippen LogP contribution is -2.12. The fourth-order valence-corrected chi connectivity index (χ4v) is 2.60. The molecule has 0 unspecified atom stereocenters. The number of carbonyl (C=O) groups excluding carboxylic acids is 1. The molecule has 0 saturated carbocycles. The average molecular weight is 381 g/mol. The summed E-state index contributed by atoms with van der Waals surface area (Å²) in [5, 5.41) is 6.86. The highest BCUT2D eigenvalue weighted by Crippen LogP contribution is 2.25. The van der Waals surface area contributed by atoms with E-state index in [1.165, 1.54) is 6.33 Å². The van der Waals surface area contributed by atoms with Gasteiger partial charge >= 0.3 is 0 Å². The van der Waals surface area contributed by atoms with Gasteiger partial charge in [0.25, 0.3) is 0 Å². The second kappa shape index (κ2) is 8.88. The molecule has 3 aromatic rings. The molecule has 27 heavy (non-hydrogen) atoms. The first-order valence-corrected chi connectivity index (χ1v) is 8.72. The number of amides is 1. The first-order valence-electron chi connectivity index (χ1n) is 8.19. The van der Waals surface area contributed by atoms with E-state index in [9.17, 15) is 4.79 Å². The molecule has 2 N–H and O–H groups in total. The van der Waals surface area contributed by atoms with Gasteiger partial charge in [-0.1, -0.05) is 18.1 Å². The zero-order valence-corrected chi connectivity index (χ0v) is 15.2. The Bertz CT molecular complexity index is 1000. The second-order valence-electron chi connectivity index (χ2n) is 5.63. The van der Waals surface area contributed by atoms with Crippen molar-refractivity contribution in [1.29, 1.82) is 0 Å². The molecule has 136 valence electrons. The molecule has 2 aromatic carbocycles. The smallest absolute Gasteiger partial charge is 0.239 e. The number of rotatable bonds is 7. The molecule has 6 nitrogen and oxygen atoms in total. The van der Waals surface area contributed by atoms with E-state index in [0.29, 0.717) is 23.8 Å². The number of benzene rings is 2. The molecule has 1 heterocycles. The molecule has 0 radical (unpaired) electrons. The summed E-state index contributed by atoms with van der Waals surface area (Å²) in [5.41, 5.74) is 2.47. The van der Waals surface area contributed by atoms with Gasteiger partial charge in [0.05, 0.1) is 5.52 Å². The highest BCUT2D eigenvalue weighted by Gasteiger charge is 2.06. The molecule has 0 bridgehead atoms. The quantitative estimate of drug-likeness (QED) is 0.485. The lowest BCUT2D eigenvalue weighted by molar-refractivity contribution is -0.113. The van der Waals surface area contributed by atoms with Gasteiger partial charge in [-0.05, 0) is 35.9 Å². The van der Waals surface area contributed by atoms with Gasteiger partial charge in [0.1, 0.15) is 30.4 Å². The molecule has 1 aromatic heterocycles.